The molecule has 0 saturated carbocycles. The molecule has 2 aromatic rings. The third kappa shape index (κ3) is 4.15. The Bertz CT molecular complexity index is 1010. The van der Waals surface area contributed by atoms with Gasteiger partial charge in [-0.3, -0.25) is 4.79 Å². The summed E-state index contributed by atoms with van der Waals surface area (Å²) in [7, 11) is 1.69. The molecule has 6 heteroatoms. The molecule has 3 heterocycles. The number of ether oxygens (including phenoxy) is 1. The Hall–Kier alpha value is -2.60. The molecular weight excluding hydrogens is 376 g/mol. The zero-order chi connectivity index (χ0) is 22.0. The average Bonchev–Trinajstić information content (AvgIpc) is 3.00. The van der Waals surface area contributed by atoms with Crippen LogP contribution >= 0.6 is 0 Å². The van der Waals surface area contributed by atoms with E-state index in [1.807, 2.05) is 35.4 Å². The molecule has 1 aliphatic heterocycles. The van der Waals surface area contributed by atoms with Gasteiger partial charge in [0.1, 0.15) is 0 Å². The van der Waals surface area contributed by atoms with Crippen LogP contribution in [0.15, 0.2) is 35.1 Å². The zero-order valence-electron chi connectivity index (χ0n) is 19.3. The van der Waals surface area contributed by atoms with Gasteiger partial charge >= 0.3 is 0 Å². The maximum absolute atomic E-state index is 13.0. The minimum absolute atomic E-state index is 0.0316. The van der Waals surface area contributed by atoms with E-state index in [1.54, 1.807) is 7.11 Å². The minimum atomic E-state index is 0.0316. The van der Waals surface area contributed by atoms with E-state index in [4.69, 9.17) is 9.72 Å². The molecule has 0 aromatic carbocycles. The lowest BCUT2D eigenvalue weighted by Crippen LogP contribution is -2.54. The second kappa shape index (κ2) is 9.04. The number of imidazole rings is 1. The molecule has 0 radical (unpaired) electrons. The number of carbonyl (C=O) groups is 1. The minimum Gasteiger partial charge on any atom is -0.378 e. The van der Waals surface area contributed by atoms with Crippen LogP contribution in [0.4, 0.5) is 5.69 Å². The van der Waals surface area contributed by atoms with Crippen LogP contribution in [0.1, 0.15) is 55.9 Å². The maximum atomic E-state index is 13.0. The Kier molecular flexibility index (Phi) is 6.66. The van der Waals surface area contributed by atoms with E-state index in [9.17, 15) is 4.79 Å². The number of allylic oxidation sites excluding steroid dienone is 2. The first-order valence-corrected chi connectivity index (χ1v) is 10.7. The molecule has 3 rings (SSSR count). The number of carbonyl (C=O) groups excluding carboxylic acids is 1. The summed E-state index contributed by atoms with van der Waals surface area (Å²) in [6.45, 7) is 14.6. The molecule has 0 unspecified atom stereocenters. The highest BCUT2D eigenvalue weighted by atomic mass is 16.5. The number of aromatic nitrogens is 2. The number of pyridine rings is 1. The van der Waals surface area contributed by atoms with Gasteiger partial charge in [-0.25, -0.2) is 4.98 Å². The van der Waals surface area contributed by atoms with Crippen LogP contribution in [0.2, 0.25) is 0 Å². The predicted octanol–water partition coefficient (Wildman–Crippen LogP) is 4.53. The summed E-state index contributed by atoms with van der Waals surface area (Å²) in [4.78, 5) is 19.6. The standard InChI is InChI=1S/C24H34N4O2/c1-8-15(3)21(16(4)9-2)11-25-22-10-19(24(29)27-13-20(14-27)30-7)12-28-18(6)17(5)26-23(22)28/h8,10,12,20,25H,9,11,13-14H2,1-7H3/b15-8-,21-16-. The van der Waals surface area contributed by atoms with Crippen molar-refractivity contribution >= 4 is 17.2 Å². The van der Waals surface area contributed by atoms with Gasteiger partial charge in [-0.15, -0.1) is 0 Å². The number of rotatable bonds is 7. The van der Waals surface area contributed by atoms with Crippen molar-refractivity contribution < 1.29 is 9.53 Å². The molecule has 6 nitrogen and oxygen atoms in total. The molecule has 1 saturated heterocycles. The van der Waals surface area contributed by atoms with E-state index < -0.39 is 0 Å². The van der Waals surface area contributed by atoms with Gasteiger partial charge in [-0.2, -0.15) is 0 Å². The maximum Gasteiger partial charge on any atom is 0.255 e. The van der Waals surface area contributed by atoms with E-state index in [2.05, 4.69) is 39.1 Å². The van der Waals surface area contributed by atoms with Crippen molar-refractivity contribution in [2.24, 2.45) is 0 Å². The van der Waals surface area contributed by atoms with Crippen LogP contribution in [-0.4, -0.2) is 53.0 Å². The summed E-state index contributed by atoms with van der Waals surface area (Å²) in [5.41, 5.74) is 8.36. The Labute approximate surface area is 179 Å². The summed E-state index contributed by atoms with van der Waals surface area (Å²) in [6, 6.07) is 1.94. The van der Waals surface area contributed by atoms with Gasteiger partial charge in [0.05, 0.1) is 23.0 Å². The van der Waals surface area contributed by atoms with E-state index >= 15 is 0 Å². The predicted molar refractivity (Wildman–Crippen MR) is 122 cm³/mol. The van der Waals surface area contributed by atoms with Crippen molar-refractivity contribution in [2.75, 3.05) is 32.1 Å². The summed E-state index contributed by atoms with van der Waals surface area (Å²) in [5.74, 6) is 0.0316. The van der Waals surface area contributed by atoms with Crippen molar-refractivity contribution in [1.82, 2.24) is 14.3 Å². The zero-order valence-corrected chi connectivity index (χ0v) is 19.3. The molecule has 0 atom stereocenters. The fraction of sp³-hybridized carbons (Fsp3) is 0.500. The quantitative estimate of drug-likeness (QED) is 0.682. The van der Waals surface area contributed by atoms with Crippen molar-refractivity contribution in [3.05, 3.63) is 52.0 Å². The van der Waals surface area contributed by atoms with Gasteiger partial charge in [0.2, 0.25) is 0 Å². The number of hydrogen-bond acceptors (Lipinski definition) is 4. The Morgan fingerprint density at radius 1 is 1.33 bits per heavy atom. The summed E-state index contributed by atoms with van der Waals surface area (Å²) in [6.07, 6.45) is 5.20. The first-order valence-electron chi connectivity index (χ1n) is 10.7. The molecule has 0 aliphatic carbocycles. The summed E-state index contributed by atoms with van der Waals surface area (Å²) >= 11 is 0. The fourth-order valence-electron chi connectivity index (χ4n) is 3.75. The van der Waals surface area contributed by atoms with E-state index in [1.165, 1.54) is 16.7 Å². The Balaban J connectivity index is 1.97. The number of methoxy groups -OCH3 is 1. The van der Waals surface area contributed by atoms with Crippen LogP contribution in [0.25, 0.3) is 5.65 Å². The largest absolute Gasteiger partial charge is 0.378 e. The molecule has 2 aromatic heterocycles. The molecule has 0 spiro atoms. The van der Waals surface area contributed by atoms with Gasteiger partial charge < -0.3 is 19.4 Å². The smallest absolute Gasteiger partial charge is 0.255 e. The van der Waals surface area contributed by atoms with Crippen LogP contribution in [0.3, 0.4) is 0 Å². The monoisotopic (exact) mass is 410 g/mol. The number of fused-ring (bicyclic) bond motifs is 1. The first-order chi connectivity index (χ1) is 14.3. The normalized spacial score (nSPS) is 16.0. The SMILES string of the molecule is C/C=C(C)\C(CNc1cc(C(=O)N2CC(OC)C2)cn2c(C)c(C)nc12)=C(\C)CC. The number of aryl methyl sites for hydroxylation is 2. The van der Waals surface area contributed by atoms with Gasteiger partial charge in [-0.05, 0) is 52.7 Å². The van der Waals surface area contributed by atoms with E-state index in [-0.39, 0.29) is 12.0 Å². The van der Waals surface area contributed by atoms with Crippen LogP contribution in [0, 0.1) is 13.8 Å². The van der Waals surface area contributed by atoms with Crippen molar-refractivity contribution in [2.45, 2.75) is 54.1 Å². The lowest BCUT2D eigenvalue weighted by molar-refractivity contribution is -0.0192. The second-order valence-corrected chi connectivity index (χ2v) is 8.12. The van der Waals surface area contributed by atoms with Crippen LogP contribution in [0.5, 0.6) is 0 Å². The van der Waals surface area contributed by atoms with Gasteiger partial charge in [0, 0.05) is 38.6 Å². The third-order valence-corrected chi connectivity index (χ3v) is 6.32. The Morgan fingerprint density at radius 3 is 2.63 bits per heavy atom. The fourth-order valence-corrected chi connectivity index (χ4v) is 3.75. The van der Waals surface area contributed by atoms with E-state index in [0.29, 0.717) is 25.2 Å². The molecule has 162 valence electrons. The lowest BCUT2D eigenvalue weighted by atomic mass is 10.00. The number of hydrogen-bond donors (Lipinski definition) is 1. The van der Waals surface area contributed by atoms with Crippen molar-refractivity contribution in [3.63, 3.8) is 0 Å². The first kappa shape index (κ1) is 22.1. The second-order valence-electron chi connectivity index (χ2n) is 8.12. The Morgan fingerprint density at radius 2 is 2.03 bits per heavy atom. The van der Waals surface area contributed by atoms with Gasteiger partial charge in [-0.1, -0.05) is 24.1 Å². The molecule has 1 fully saturated rings. The van der Waals surface area contributed by atoms with Crippen LogP contribution < -0.4 is 5.32 Å². The molecule has 0 bridgehead atoms. The van der Waals surface area contributed by atoms with Gasteiger partial charge in [0.25, 0.3) is 5.91 Å². The molecular formula is C24H34N4O2. The number of likely N-dealkylation sites (tertiary alicyclic amines) is 1. The van der Waals surface area contributed by atoms with Crippen molar-refractivity contribution in [3.8, 4) is 0 Å². The molecule has 1 amide bonds. The number of nitrogens with zero attached hydrogens (tertiary/aromatic N) is 3. The number of amides is 1. The number of nitrogens with one attached hydrogen (secondary N) is 1. The average molecular weight is 411 g/mol. The molecule has 30 heavy (non-hydrogen) atoms. The highest BCUT2D eigenvalue weighted by Crippen LogP contribution is 2.26. The third-order valence-electron chi connectivity index (χ3n) is 6.32. The summed E-state index contributed by atoms with van der Waals surface area (Å²) < 4.78 is 7.34. The lowest BCUT2D eigenvalue weighted by Gasteiger charge is -2.38. The highest BCUT2D eigenvalue weighted by molar-refractivity contribution is 5.96. The number of anilines is 1. The van der Waals surface area contributed by atoms with Gasteiger partial charge in [0.15, 0.2) is 5.65 Å². The topological polar surface area (TPSA) is 58.9 Å². The highest BCUT2D eigenvalue weighted by Gasteiger charge is 2.31. The molecule has 1 aliphatic rings. The summed E-state index contributed by atoms with van der Waals surface area (Å²) in [5, 5.41) is 3.57. The van der Waals surface area contributed by atoms with Crippen LogP contribution in [-0.2, 0) is 4.74 Å². The van der Waals surface area contributed by atoms with Crippen molar-refractivity contribution in [1.29, 1.82) is 0 Å². The molecule has 1 N–H and O–H groups in total. The van der Waals surface area contributed by atoms with E-state index in [0.717, 1.165) is 29.1 Å².